The first-order valence-electron chi connectivity index (χ1n) is 6.76. The van der Waals surface area contributed by atoms with Crippen LogP contribution in [0.5, 0.6) is 5.75 Å². The molecule has 0 heterocycles. The number of ether oxygens (including phenoxy) is 1. The summed E-state index contributed by atoms with van der Waals surface area (Å²) in [5.41, 5.74) is 2.04. The quantitative estimate of drug-likeness (QED) is 0.891. The van der Waals surface area contributed by atoms with Crippen molar-refractivity contribution in [2.45, 2.75) is 19.4 Å². The average molecular weight is 348 g/mol. The normalized spacial score (nSPS) is 11.8. The summed E-state index contributed by atoms with van der Waals surface area (Å²) in [6.07, 6.45) is 0.375. The third-order valence-electron chi connectivity index (χ3n) is 3.25. The summed E-state index contributed by atoms with van der Waals surface area (Å²) in [6.45, 7) is 1.97. The number of carbonyl (C=O) groups is 1. The fourth-order valence-corrected chi connectivity index (χ4v) is 2.55. The zero-order chi connectivity index (χ0) is 15.2. The Morgan fingerprint density at radius 3 is 2.57 bits per heavy atom. The van der Waals surface area contributed by atoms with E-state index >= 15 is 0 Å². The molecular formula is C17H18BrNO2. The van der Waals surface area contributed by atoms with Gasteiger partial charge in [-0.1, -0.05) is 40.2 Å². The van der Waals surface area contributed by atoms with Crippen molar-refractivity contribution in [3.05, 3.63) is 64.1 Å². The Kier molecular flexibility index (Phi) is 5.39. The summed E-state index contributed by atoms with van der Waals surface area (Å²) in [4.78, 5) is 12.1. The topological polar surface area (TPSA) is 38.3 Å². The predicted octanol–water partition coefficient (Wildman–Crippen LogP) is 3.88. The van der Waals surface area contributed by atoms with Gasteiger partial charge in [-0.15, -0.1) is 0 Å². The molecule has 0 saturated heterocycles. The van der Waals surface area contributed by atoms with Crippen LogP contribution in [-0.2, 0) is 11.2 Å². The molecule has 1 N–H and O–H groups in total. The third kappa shape index (κ3) is 4.60. The molecule has 0 aliphatic carbocycles. The lowest BCUT2D eigenvalue weighted by Gasteiger charge is -2.15. The van der Waals surface area contributed by atoms with Gasteiger partial charge in [-0.2, -0.15) is 0 Å². The van der Waals surface area contributed by atoms with Gasteiger partial charge in [-0.25, -0.2) is 0 Å². The molecule has 2 rings (SSSR count). The lowest BCUT2D eigenvalue weighted by atomic mass is 10.1. The first kappa shape index (κ1) is 15.6. The van der Waals surface area contributed by atoms with E-state index < -0.39 is 0 Å². The lowest BCUT2D eigenvalue weighted by Crippen LogP contribution is -2.28. The molecule has 1 amide bonds. The average Bonchev–Trinajstić information content (AvgIpc) is 2.47. The number of amides is 1. The van der Waals surface area contributed by atoms with Gasteiger partial charge in [0, 0.05) is 4.47 Å². The second-order valence-corrected chi connectivity index (χ2v) is 5.78. The highest BCUT2D eigenvalue weighted by molar-refractivity contribution is 9.10. The van der Waals surface area contributed by atoms with E-state index in [9.17, 15) is 4.79 Å². The molecule has 2 aromatic carbocycles. The first-order chi connectivity index (χ1) is 10.1. The number of rotatable bonds is 5. The van der Waals surface area contributed by atoms with Gasteiger partial charge in [0.25, 0.3) is 0 Å². The second kappa shape index (κ2) is 7.27. The van der Waals surface area contributed by atoms with Crippen LogP contribution in [0.1, 0.15) is 24.1 Å². The molecule has 4 heteroatoms. The van der Waals surface area contributed by atoms with Crippen molar-refractivity contribution in [3.8, 4) is 5.75 Å². The van der Waals surface area contributed by atoms with Crippen LogP contribution in [0.25, 0.3) is 0 Å². The third-order valence-corrected chi connectivity index (χ3v) is 3.74. The minimum Gasteiger partial charge on any atom is -0.497 e. The van der Waals surface area contributed by atoms with Crippen molar-refractivity contribution in [1.82, 2.24) is 5.32 Å². The van der Waals surface area contributed by atoms with Gasteiger partial charge in [0.15, 0.2) is 0 Å². The summed E-state index contributed by atoms with van der Waals surface area (Å²) in [7, 11) is 1.64. The zero-order valence-corrected chi connectivity index (χ0v) is 13.7. The fraction of sp³-hybridized carbons (Fsp3) is 0.235. The number of methoxy groups -OCH3 is 1. The highest BCUT2D eigenvalue weighted by atomic mass is 79.9. The second-order valence-electron chi connectivity index (χ2n) is 4.87. The van der Waals surface area contributed by atoms with E-state index in [0.29, 0.717) is 6.42 Å². The van der Waals surface area contributed by atoms with Crippen LogP contribution in [-0.4, -0.2) is 13.0 Å². The number of hydrogen-bond acceptors (Lipinski definition) is 2. The van der Waals surface area contributed by atoms with Gasteiger partial charge in [0.2, 0.25) is 5.91 Å². The Labute approximate surface area is 133 Å². The van der Waals surface area contributed by atoms with Crippen LogP contribution in [0, 0.1) is 0 Å². The summed E-state index contributed by atoms with van der Waals surface area (Å²) in [6, 6.07) is 15.5. The predicted molar refractivity (Wildman–Crippen MR) is 87.4 cm³/mol. The smallest absolute Gasteiger partial charge is 0.224 e. The Balaban J connectivity index is 1.95. The van der Waals surface area contributed by atoms with E-state index in [-0.39, 0.29) is 11.9 Å². The van der Waals surface area contributed by atoms with Crippen molar-refractivity contribution in [1.29, 1.82) is 0 Å². The van der Waals surface area contributed by atoms with Crippen molar-refractivity contribution < 1.29 is 9.53 Å². The molecular weight excluding hydrogens is 330 g/mol. The molecule has 110 valence electrons. The van der Waals surface area contributed by atoms with Gasteiger partial charge in [0.05, 0.1) is 19.6 Å². The highest BCUT2D eigenvalue weighted by Crippen LogP contribution is 2.17. The number of carbonyl (C=O) groups excluding carboxylic acids is 1. The van der Waals surface area contributed by atoms with Crippen molar-refractivity contribution in [2.75, 3.05) is 7.11 Å². The van der Waals surface area contributed by atoms with Crippen molar-refractivity contribution >= 4 is 21.8 Å². The molecule has 2 aromatic rings. The van der Waals surface area contributed by atoms with Gasteiger partial charge in [0.1, 0.15) is 5.75 Å². The monoisotopic (exact) mass is 347 g/mol. The van der Waals surface area contributed by atoms with Crippen molar-refractivity contribution in [3.63, 3.8) is 0 Å². The molecule has 0 fully saturated rings. The number of benzene rings is 2. The Bertz CT molecular complexity index is 610. The highest BCUT2D eigenvalue weighted by Gasteiger charge is 2.10. The van der Waals surface area contributed by atoms with Crippen LogP contribution in [0.2, 0.25) is 0 Å². The van der Waals surface area contributed by atoms with E-state index in [1.807, 2.05) is 55.5 Å². The zero-order valence-electron chi connectivity index (χ0n) is 12.1. The van der Waals surface area contributed by atoms with E-state index in [2.05, 4.69) is 21.2 Å². The SMILES string of the molecule is COc1ccc([C@@H](C)NC(=O)Cc2cccc(Br)c2)cc1. The fourth-order valence-electron chi connectivity index (χ4n) is 2.10. The van der Waals surface area contributed by atoms with Crippen LogP contribution < -0.4 is 10.1 Å². The minimum absolute atomic E-state index is 0.0106. The van der Waals surface area contributed by atoms with Gasteiger partial charge in [-0.3, -0.25) is 4.79 Å². The minimum atomic E-state index is -0.0319. The van der Waals surface area contributed by atoms with E-state index in [0.717, 1.165) is 21.3 Å². The summed E-state index contributed by atoms with van der Waals surface area (Å²) >= 11 is 3.41. The molecule has 0 aliphatic rings. The molecule has 0 aliphatic heterocycles. The van der Waals surface area contributed by atoms with E-state index in [1.54, 1.807) is 7.11 Å². The largest absolute Gasteiger partial charge is 0.497 e. The number of halogens is 1. The number of nitrogens with one attached hydrogen (secondary N) is 1. The molecule has 3 nitrogen and oxygen atoms in total. The maximum atomic E-state index is 12.1. The Morgan fingerprint density at radius 2 is 1.95 bits per heavy atom. The van der Waals surface area contributed by atoms with Gasteiger partial charge in [-0.05, 0) is 42.3 Å². The maximum absolute atomic E-state index is 12.1. The molecule has 21 heavy (non-hydrogen) atoms. The lowest BCUT2D eigenvalue weighted by molar-refractivity contribution is -0.121. The molecule has 0 spiro atoms. The maximum Gasteiger partial charge on any atom is 0.224 e. The van der Waals surface area contributed by atoms with Crippen LogP contribution in [0.15, 0.2) is 53.0 Å². The van der Waals surface area contributed by atoms with E-state index in [4.69, 9.17) is 4.74 Å². The van der Waals surface area contributed by atoms with Crippen molar-refractivity contribution in [2.24, 2.45) is 0 Å². The van der Waals surface area contributed by atoms with Gasteiger partial charge >= 0.3 is 0 Å². The molecule has 0 saturated carbocycles. The van der Waals surface area contributed by atoms with Gasteiger partial charge < -0.3 is 10.1 Å². The van der Waals surface area contributed by atoms with Crippen LogP contribution >= 0.6 is 15.9 Å². The standard InChI is InChI=1S/C17H18BrNO2/c1-12(14-6-8-16(21-2)9-7-14)19-17(20)11-13-4-3-5-15(18)10-13/h3-10,12H,11H2,1-2H3,(H,19,20)/t12-/m1/s1. The Hall–Kier alpha value is -1.81. The molecule has 0 radical (unpaired) electrons. The first-order valence-corrected chi connectivity index (χ1v) is 7.55. The molecule has 0 aromatic heterocycles. The summed E-state index contributed by atoms with van der Waals surface area (Å²) in [5, 5.41) is 3.01. The molecule has 1 atom stereocenters. The molecule has 0 bridgehead atoms. The summed E-state index contributed by atoms with van der Waals surface area (Å²) < 4.78 is 6.11. The Morgan fingerprint density at radius 1 is 1.24 bits per heavy atom. The van der Waals surface area contributed by atoms with Crippen LogP contribution in [0.3, 0.4) is 0 Å². The number of hydrogen-bond donors (Lipinski definition) is 1. The van der Waals surface area contributed by atoms with E-state index in [1.165, 1.54) is 0 Å². The summed E-state index contributed by atoms with van der Waals surface area (Å²) in [5.74, 6) is 0.822. The molecule has 0 unspecified atom stereocenters. The van der Waals surface area contributed by atoms with Crippen LogP contribution in [0.4, 0.5) is 0 Å².